The van der Waals surface area contributed by atoms with Gasteiger partial charge in [-0.2, -0.15) is 0 Å². The molecule has 0 radical (unpaired) electrons. The standard InChI is InChI=1S/C16H23NO3/c1-18-14-8-11(9-15(19-2)16(14)20-3)10-6-12-4-5-13(7-10)17-12/h8-10,12-13,17H,4-7H2,1-3H3/t10?,12-,13+. The van der Waals surface area contributed by atoms with Gasteiger partial charge < -0.3 is 19.5 Å². The SMILES string of the molecule is COc1cc(C2C[C@H]3CC[C@@H](C2)N3)cc(OC)c1OC. The zero-order chi connectivity index (χ0) is 14.1. The first-order valence-electron chi connectivity index (χ1n) is 7.31. The quantitative estimate of drug-likeness (QED) is 0.918. The molecular formula is C16H23NO3. The van der Waals surface area contributed by atoms with E-state index in [2.05, 4.69) is 17.4 Å². The molecule has 1 N–H and O–H groups in total. The maximum Gasteiger partial charge on any atom is 0.203 e. The molecule has 3 atom stereocenters. The summed E-state index contributed by atoms with van der Waals surface area (Å²) in [4.78, 5) is 0. The highest BCUT2D eigenvalue weighted by Gasteiger charge is 2.34. The average molecular weight is 277 g/mol. The van der Waals surface area contributed by atoms with E-state index in [0.29, 0.717) is 23.8 Å². The van der Waals surface area contributed by atoms with Crippen LogP contribution in [0.5, 0.6) is 17.2 Å². The molecule has 0 aromatic heterocycles. The zero-order valence-corrected chi connectivity index (χ0v) is 12.4. The molecule has 2 aliphatic heterocycles. The molecule has 0 aliphatic carbocycles. The van der Waals surface area contributed by atoms with Gasteiger partial charge in [0.2, 0.25) is 5.75 Å². The van der Waals surface area contributed by atoms with E-state index in [1.165, 1.54) is 31.2 Å². The van der Waals surface area contributed by atoms with Crippen LogP contribution in [0.1, 0.15) is 37.2 Å². The van der Waals surface area contributed by atoms with E-state index in [1.807, 2.05) is 0 Å². The van der Waals surface area contributed by atoms with E-state index in [9.17, 15) is 0 Å². The van der Waals surface area contributed by atoms with Crippen LogP contribution < -0.4 is 19.5 Å². The van der Waals surface area contributed by atoms with Gasteiger partial charge in [-0.05, 0) is 49.3 Å². The van der Waals surface area contributed by atoms with E-state index in [-0.39, 0.29) is 0 Å². The van der Waals surface area contributed by atoms with E-state index in [0.717, 1.165) is 11.5 Å². The Morgan fingerprint density at radius 2 is 1.45 bits per heavy atom. The summed E-state index contributed by atoms with van der Waals surface area (Å²) >= 11 is 0. The Hall–Kier alpha value is -1.42. The summed E-state index contributed by atoms with van der Waals surface area (Å²) in [5.41, 5.74) is 1.30. The van der Waals surface area contributed by atoms with Crippen LogP contribution in [0.2, 0.25) is 0 Å². The molecule has 3 rings (SSSR count). The normalized spacial score (nSPS) is 28.2. The highest BCUT2D eigenvalue weighted by Crippen LogP contribution is 2.44. The lowest BCUT2D eigenvalue weighted by Gasteiger charge is -2.30. The van der Waals surface area contributed by atoms with Gasteiger partial charge in [0.1, 0.15) is 0 Å². The molecule has 2 heterocycles. The Morgan fingerprint density at radius 3 is 1.90 bits per heavy atom. The molecule has 2 fully saturated rings. The second-order valence-corrected chi connectivity index (χ2v) is 5.76. The third-order valence-corrected chi connectivity index (χ3v) is 4.63. The van der Waals surface area contributed by atoms with Gasteiger partial charge in [-0.3, -0.25) is 0 Å². The maximum atomic E-state index is 5.46. The van der Waals surface area contributed by atoms with Crippen molar-refractivity contribution in [3.63, 3.8) is 0 Å². The molecule has 1 unspecified atom stereocenters. The van der Waals surface area contributed by atoms with Crippen molar-refractivity contribution >= 4 is 0 Å². The number of piperidine rings is 1. The third kappa shape index (κ3) is 2.33. The number of rotatable bonds is 4. The van der Waals surface area contributed by atoms with Crippen molar-refractivity contribution in [2.45, 2.75) is 43.7 Å². The summed E-state index contributed by atoms with van der Waals surface area (Å²) in [5, 5.41) is 3.68. The van der Waals surface area contributed by atoms with Crippen LogP contribution in [-0.4, -0.2) is 33.4 Å². The summed E-state index contributed by atoms with van der Waals surface area (Å²) < 4.78 is 16.3. The topological polar surface area (TPSA) is 39.7 Å². The first kappa shape index (κ1) is 13.6. The number of benzene rings is 1. The molecule has 2 bridgehead atoms. The van der Waals surface area contributed by atoms with E-state index in [4.69, 9.17) is 14.2 Å². The van der Waals surface area contributed by atoms with Crippen molar-refractivity contribution < 1.29 is 14.2 Å². The van der Waals surface area contributed by atoms with Gasteiger partial charge in [0.15, 0.2) is 11.5 Å². The largest absolute Gasteiger partial charge is 0.493 e. The molecule has 0 amide bonds. The number of fused-ring (bicyclic) bond motifs is 2. The minimum absolute atomic E-state index is 0.586. The Balaban J connectivity index is 1.93. The van der Waals surface area contributed by atoms with Crippen LogP contribution in [-0.2, 0) is 0 Å². The smallest absolute Gasteiger partial charge is 0.203 e. The van der Waals surface area contributed by atoms with Gasteiger partial charge in [0, 0.05) is 12.1 Å². The average Bonchev–Trinajstić information content (AvgIpc) is 2.83. The minimum atomic E-state index is 0.586. The molecule has 4 nitrogen and oxygen atoms in total. The number of methoxy groups -OCH3 is 3. The molecule has 0 spiro atoms. The van der Waals surface area contributed by atoms with Gasteiger partial charge in [0.05, 0.1) is 21.3 Å². The predicted octanol–water partition coefficient (Wildman–Crippen LogP) is 2.71. The van der Waals surface area contributed by atoms with Gasteiger partial charge in [-0.25, -0.2) is 0 Å². The van der Waals surface area contributed by atoms with Gasteiger partial charge in [-0.1, -0.05) is 0 Å². The number of nitrogens with one attached hydrogen (secondary N) is 1. The Bertz CT molecular complexity index is 452. The highest BCUT2D eigenvalue weighted by atomic mass is 16.5. The molecule has 0 saturated carbocycles. The van der Waals surface area contributed by atoms with Gasteiger partial charge >= 0.3 is 0 Å². The molecular weight excluding hydrogens is 254 g/mol. The Kier molecular flexibility index (Phi) is 3.74. The predicted molar refractivity (Wildman–Crippen MR) is 78.0 cm³/mol. The maximum absolute atomic E-state index is 5.46. The minimum Gasteiger partial charge on any atom is -0.493 e. The van der Waals surface area contributed by atoms with E-state index < -0.39 is 0 Å². The fraction of sp³-hybridized carbons (Fsp3) is 0.625. The zero-order valence-electron chi connectivity index (χ0n) is 12.4. The van der Waals surface area contributed by atoms with Crippen LogP contribution in [0.4, 0.5) is 0 Å². The highest BCUT2D eigenvalue weighted by molar-refractivity contribution is 5.54. The van der Waals surface area contributed by atoms with Crippen molar-refractivity contribution in [1.82, 2.24) is 5.32 Å². The molecule has 110 valence electrons. The molecule has 1 aromatic carbocycles. The van der Waals surface area contributed by atoms with Crippen molar-refractivity contribution in [3.05, 3.63) is 17.7 Å². The monoisotopic (exact) mass is 277 g/mol. The number of hydrogen-bond donors (Lipinski definition) is 1. The van der Waals surface area contributed by atoms with Crippen molar-refractivity contribution in [2.24, 2.45) is 0 Å². The first-order chi connectivity index (χ1) is 9.75. The molecule has 20 heavy (non-hydrogen) atoms. The fourth-order valence-corrected chi connectivity index (χ4v) is 3.67. The summed E-state index contributed by atoms with van der Waals surface area (Å²) in [5.74, 6) is 2.78. The van der Waals surface area contributed by atoms with Crippen molar-refractivity contribution in [3.8, 4) is 17.2 Å². The van der Waals surface area contributed by atoms with E-state index in [1.54, 1.807) is 21.3 Å². The fourth-order valence-electron chi connectivity index (χ4n) is 3.67. The molecule has 4 heteroatoms. The van der Waals surface area contributed by atoms with E-state index >= 15 is 0 Å². The summed E-state index contributed by atoms with van der Waals surface area (Å²) in [6.07, 6.45) is 5.03. The van der Waals surface area contributed by atoms with Crippen LogP contribution in [0.15, 0.2) is 12.1 Å². The number of hydrogen-bond acceptors (Lipinski definition) is 4. The summed E-state index contributed by atoms with van der Waals surface area (Å²) in [6.45, 7) is 0. The van der Waals surface area contributed by atoms with Gasteiger partial charge in [-0.15, -0.1) is 0 Å². The molecule has 1 aromatic rings. The van der Waals surface area contributed by atoms with Crippen LogP contribution in [0, 0.1) is 0 Å². The number of ether oxygens (including phenoxy) is 3. The van der Waals surface area contributed by atoms with Crippen molar-refractivity contribution in [1.29, 1.82) is 0 Å². The lowest BCUT2D eigenvalue weighted by molar-refractivity contribution is 0.320. The molecule has 2 aliphatic rings. The lowest BCUT2D eigenvalue weighted by atomic mass is 9.86. The van der Waals surface area contributed by atoms with Crippen molar-refractivity contribution in [2.75, 3.05) is 21.3 Å². The third-order valence-electron chi connectivity index (χ3n) is 4.63. The second-order valence-electron chi connectivity index (χ2n) is 5.76. The van der Waals surface area contributed by atoms with Crippen LogP contribution in [0.25, 0.3) is 0 Å². The Morgan fingerprint density at radius 1 is 0.900 bits per heavy atom. The van der Waals surface area contributed by atoms with Crippen LogP contribution in [0.3, 0.4) is 0 Å². The first-order valence-corrected chi connectivity index (χ1v) is 7.31. The lowest BCUT2D eigenvalue weighted by Crippen LogP contribution is -2.37. The molecule has 2 saturated heterocycles. The Labute approximate surface area is 120 Å². The van der Waals surface area contributed by atoms with Gasteiger partial charge in [0.25, 0.3) is 0 Å². The van der Waals surface area contributed by atoms with Crippen LogP contribution >= 0.6 is 0 Å². The summed E-state index contributed by atoms with van der Waals surface area (Å²) in [6, 6.07) is 5.57. The second kappa shape index (κ2) is 5.52. The summed E-state index contributed by atoms with van der Waals surface area (Å²) in [7, 11) is 4.99.